The molecule has 96 valence electrons. The Labute approximate surface area is 99.9 Å². The number of carbonyl (C=O) groups is 2. The predicted octanol–water partition coefficient (Wildman–Crippen LogP) is 0.139. The largest absolute Gasteiger partial charge is 0.481 e. The number of hydrogen-bond donors (Lipinski definition) is 2. The van der Waals surface area contributed by atoms with Crippen molar-refractivity contribution in [3.63, 3.8) is 0 Å². The molecule has 2 aliphatic rings. The van der Waals surface area contributed by atoms with Crippen LogP contribution in [0.15, 0.2) is 0 Å². The fraction of sp³-hybridized carbons (Fsp3) is 0.818. The van der Waals surface area contributed by atoms with Gasteiger partial charge in [-0.25, -0.2) is 4.79 Å². The molecule has 2 heterocycles. The van der Waals surface area contributed by atoms with Crippen LogP contribution < -0.4 is 5.32 Å². The molecule has 6 nitrogen and oxygen atoms in total. The zero-order valence-electron chi connectivity index (χ0n) is 9.72. The van der Waals surface area contributed by atoms with Gasteiger partial charge in [-0.3, -0.25) is 4.79 Å². The van der Waals surface area contributed by atoms with Gasteiger partial charge in [-0.15, -0.1) is 0 Å². The molecular weight excluding hydrogens is 224 g/mol. The minimum atomic E-state index is -0.793. The van der Waals surface area contributed by atoms with E-state index in [0.29, 0.717) is 25.6 Å². The highest BCUT2D eigenvalue weighted by Gasteiger charge is 2.32. The van der Waals surface area contributed by atoms with Crippen molar-refractivity contribution in [3.8, 4) is 0 Å². The number of amides is 2. The summed E-state index contributed by atoms with van der Waals surface area (Å²) in [5.41, 5.74) is 0. The Morgan fingerprint density at radius 1 is 1.35 bits per heavy atom. The fourth-order valence-electron chi connectivity index (χ4n) is 2.20. The molecule has 2 rings (SSSR count). The Morgan fingerprint density at radius 3 is 2.71 bits per heavy atom. The lowest BCUT2D eigenvalue weighted by molar-refractivity contribution is -0.139. The number of ether oxygens (including phenoxy) is 1. The van der Waals surface area contributed by atoms with Gasteiger partial charge in [0.2, 0.25) is 0 Å². The van der Waals surface area contributed by atoms with Crippen molar-refractivity contribution in [1.29, 1.82) is 0 Å². The van der Waals surface area contributed by atoms with Crippen LogP contribution in [0.3, 0.4) is 0 Å². The molecule has 2 N–H and O–H groups in total. The maximum absolute atomic E-state index is 11.6. The van der Waals surface area contributed by atoms with Crippen molar-refractivity contribution in [2.24, 2.45) is 11.8 Å². The summed E-state index contributed by atoms with van der Waals surface area (Å²) in [7, 11) is 0. The quantitative estimate of drug-likeness (QED) is 0.735. The van der Waals surface area contributed by atoms with E-state index in [4.69, 9.17) is 9.84 Å². The van der Waals surface area contributed by atoms with Gasteiger partial charge >= 0.3 is 12.0 Å². The lowest BCUT2D eigenvalue weighted by atomic mass is 9.97. The lowest BCUT2D eigenvalue weighted by Crippen LogP contribution is -2.54. The van der Waals surface area contributed by atoms with Crippen molar-refractivity contribution in [1.82, 2.24) is 10.2 Å². The Morgan fingerprint density at radius 2 is 2.12 bits per heavy atom. The summed E-state index contributed by atoms with van der Waals surface area (Å²) in [4.78, 5) is 23.7. The summed E-state index contributed by atoms with van der Waals surface area (Å²) in [5.74, 6) is -0.249. The molecule has 0 aromatic carbocycles. The normalized spacial score (nSPS) is 24.5. The summed E-state index contributed by atoms with van der Waals surface area (Å²) in [5, 5.41) is 11.4. The van der Waals surface area contributed by atoms with Gasteiger partial charge < -0.3 is 20.1 Å². The molecule has 17 heavy (non-hydrogen) atoms. The summed E-state index contributed by atoms with van der Waals surface area (Å²) in [6.45, 7) is 3.27. The first kappa shape index (κ1) is 12.2. The van der Waals surface area contributed by atoms with Crippen molar-refractivity contribution < 1.29 is 19.4 Å². The first-order valence-corrected chi connectivity index (χ1v) is 5.97. The van der Waals surface area contributed by atoms with Crippen LogP contribution in [0, 0.1) is 11.8 Å². The number of nitrogens with zero attached hydrogens (tertiary/aromatic N) is 1. The number of hydrogen-bond acceptors (Lipinski definition) is 3. The monoisotopic (exact) mass is 242 g/mol. The standard InChI is InChI=1S/C11H18N2O4/c14-10(15)3-9-5-13(6-9)11(16)12-4-8-1-2-17-7-8/h8-9H,1-7H2,(H,12,16)(H,14,15). The van der Waals surface area contributed by atoms with Gasteiger partial charge in [0.25, 0.3) is 0 Å². The second-order valence-electron chi connectivity index (χ2n) is 4.78. The average Bonchev–Trinajstić information content (AvgIpc) is 2.71. The number of rotatable bonds is 4. The van der Waals surface area contributed by atoms with E-state index in [-0.39, 0.29) is 18.4 Å². The maximum Gasteiger partial charge on any atom is 0.317 e. The minimum Gasteiger partial charge on any atom is -0.481 e. The molecule has 0 radical (unpaired) electrons. The third-order valence-corrected chi connectivity index (χ3v) is 3.27. The number of carbonyl (C=O) groups excluding carboxylic acids is 1. The first-order valence-electron chi connectivity index (χ1n) is 5.97. The number of aliphatic carboxylic acids is 1. The van der Waals surface area contributed by atoms with E-state index in [1.54, 1.807) is 4.90 Å². The van der Waals surface area contributed by atoms with Crippen molar-refractivity contribution >= 4 is 12.0 Å². The highest BCUT2D eigenvalue weighted by Crippen LogP contribution is 2.19. The zero-order chi connectivity index (χ0) is 12.3. The number of carboxylic acid groups (broad SMARTS) is 1. The van der Waals surface area contributed by atoms with Crippen molar-refractivity contribution in [3.05, 3.63) is 0 Å². The van der Waals surface area contributed by atoms with Gasteiger partial charge in [0.05, 0.1) is 13.0 Å². The smallest absolute Gasteiger partial charge is 0.317 e. The van der Waals surface area contributed by atoms with Crippen molar-refractivity contribution in [2.45, 2.75) is 12.8 Å². The van der Waals surface area contributed by atoms with E-state index in [9.17, 15) is 9.59 Å². The van der Waals surface area contributed by atoms with Crippen LogP contribution in [-0.2, 0) is 9.53 Å². The van der Waals surface area contributed by atoms with E-state index < -0.39 is 5.97 Å². The molecule has 2 saturated heterocycles. The first-order chi connectivity index (χ1) is 8.15. The van der Waals surface area contributed by atoms with Crippen LogP contribution in [0.5, 0.6) is 0 Å². The fourth-order valence-corrected chi connectivity index (χ4v) is 2.20. The third-order valence-electron chi connectivity index (χ3n) is 3.27. The summed E-state index contributed by atoms with van der Waals surface area (Å²) < 4.78 is 5.22. The van der Waals surface area contributed by atoms with E-state index in [0.717, 1.165) is 19.6 Å². The van der Waals surface area contributed by atoms with E-state index >= 15 is 0 Å². The molecule has 6 heteroatoms. The van der Waals surface area contributed by atoms with E-state index in [1.165, 1.54) is 0 Å². The second-order valence-corrected chi connectivity index (χ2v) is 4.78. The van der Waals surface area contributed by atoms with Crippen LogP contribution in [-0.4, -0.2) is 54.9 Å². The van der Waals surface area contributed by atoms with Gasteiger partial charge in [0.1, 0.15) is 0 Å². The van der Waals surface area contributed by atoms with Gasteiger partial charge in [-0.2, -0.15) is 0 Å². The zero-order valence-corrected chi connectivity index (χ0v) is 9.72. The lowest BCUT2D eigenvalue weighted by Gasteiger charge is -2.38. The Bertz CT molecular complexity index is 296. The molecule has 1 unspecified atom stereocenters. The Balaban J connectivity index is 1.60. The molecule has 0 aromatic heterocycles. The molecule has 0 aromatic rings. The van der Waals surface area contributed by atoms with E-state index in [1.807, 2.05) is 0 Å². The van der Waals surface area contributed by atoms with Crippen LogP contribution in [0.4, 0.5) is 4.79 Å². The number of urea groups is 1. The van der Waals surface area contributed by atoms with Crippen molar-refractivity contribution in [2.75, 3.05) is 32.8 Å². The van der Waals surface area contributed by atoms with Crippen LogP contribution >= 0.6 is 0 Å². The highest BCUT2D eigenvalue weighted by molar-refractivity contribution is 5.75. The molecule has 1 atom stereocenters. The molecule has 0 spiro atoms. The summed E-state index contributed by atoms with van der Waals surface area (Å²) in [6.07, 6.45) is 1.15. The number of carboxylic acids is 1. The summed E-state index contributed by atoms with van der Waals surface area (Å²) in [6, 6.07) is -0.0847. The van der Waals surface area contributed by atoms with Gasteiger partial charge in [0, 0.05) is 38.1 Å². The maximum atomic E-state index is 11.6. The topological polar surface area (TPSA) is 78.9 Å². The Kier molecular flexibility index (Phi) is 3.83. The SMILES string of the molecule is O=C(O)CC1CN(C(=O)NCC2CCOC2)C1. The van der Waals surface area contributed by atoms with Crippen LogP contribution in [0.25, 0.3) is 0 Å². The van der Waals surface area contributed by atoms with E-state index in [2.05, 4.69) is 5.32 Å². The number of nitrogens with one attached hydrogen (secondary N) is 1. The predicted molar refractivity (Wildman–Crippen MR) is 59.6 cm³/mol. The van der Waals surface area contributed by atoms with Crippen LogP contribution in [0.1, 0.15) is 12.8 Å². The van der Waals surface area contributed by atoms with Crippen LogP contribution in [0.2, 0.25) is 0 Å². The molecular formula is C11H18N2O4. The molecule has 2 amide bonds. The molecule has 2 fully saturated rings. The summed E-state index contributed by atoms with van der Waals surface area (Å²) >= 11 is 0. The van der Waals surface area contributed by atoms with Gasteiger partial charge in [-0.1, -0.05) is 0 Å². The molecule has 0 bridgehead atoms. The Hall–Kier alpha value is -1.30. The molecule has 0 saturated carbocycles. The number of likely N-dealkylation sites (tertiary alicyclic amines) is 1. The average molecular weight is 242 g/mol. The molecule has 0 aliphatic carbocycles. The third kappa shape index (κ3) is 3.33. The minimum absolute atomic E-state index is 0.0847. The van der Waals surface area contributed by atoms with Gasteiger partial charge in [-0.05, 0) is 6.42 Å². The highest BCUT2D eigenvalue weighted by atomic mass is 16.5. The molecule has 2 aliphatic heterocycles. The second kappa shape index (κ2) is 5.35. The van der Waals surface area contributed by atoms with Gasteiger partial charge in [0.15, 0.2) is 0 Å².